The molecule has 0 aliphatic rings. The van der Waals surface area contributed by atoms with E-state index in [9.17, 15) is 0 Å². The van der Waals surface area contributed by atoms with E-state index >= 15 is 0 Å². The molecule has 2 nitrogen and oxygen atoms in total. The van der Waals surface area contributed by atoms with Gasteiger partial charge in [-0.1, -0.05) is 164 Å². The van der Waals surface area contributed by atoms with Crippen LogP contribution in [0.25, 0.3) is 77.2 Å². The van der Waals surface area contributed by atoms with Gasteiger partial charge in [-0.25, -0.2) is 0 Å². The first-order valence-corrected chi connectivity index (χ1v) is 18.4. The Labute approximate surface area is 314 Å². The highest BCUT2D eigenvalue weighted by Crippen LogP contribution is 2.45. The maximum atomic E-state index is 6.67. The third-order valence-corrected chi connectivity index (χ3v) is 10.5. The first kappa shape index (κ1) is 31.6. The van der Waals surface area contributed by atoms with Crippen molar-refractivity contribution in [3.63, 3.8) is 0 Å². The molecule has 0 amide bonds. The molecule has 0 N–H and O–H groups in total. The Morgan fingerprint density at radius 1 is 0.315 bits per heavy atom. The lowest BCUT2D eigenvalue weighted by Crippen LogP contribution is -2.10. The number of fused-ring (bicyclic) bond motifs is 5. The van der Waals surface area contributed by atoms with Gasteiger partial charge in [-0.15, -0.1) is 0 Å². The molecule has 10 rings (SSSR count). The first-order chi connectivity index (χ1) is 26.8. The van der Waals surface area contributed by atoms with E-state index in [4.69, 9.17) is 4.42 Å². The van der Waals surface area contributed by atoms with E-state index < -0.39 is 0 Å². The Hall–Kier alpha value is -7.16. The van der Waals surface area contributed by atoms with Crippen LogP contribution >= 0.6 is 0 Å². The fourth-order valence-electron chi connectivity index (χ4n) is 7.86. The van der Waals surface area contributed by atoms with E-state index in [2.05, 4.69) is 217 Å². The maximum Gasteiger partial charge on any atom is 0.143 e. The molecule has 2 heteroatoms. The van der Waals surface area contributed by atoms with E-state index in [1.165, 1.54) is 38.8 Å². The van der Waals surface area contributed by atoms with E-state index in [1.807, 2.05) is 0 Å². The summed E-state index contributed by atoms with van der Waals surface area (Å²) in [5.74, 6) is 0. The maximum absolute atomic E-state index is 6.67. The van der Waals surface area contributed by atoms with Crippen LogP contribution in [0.1, 0.15) is 0 Å². The molecule has 0 bridgehead atoms. The molecule has 0 aliphatic heterocycles. The van der Waals surface area contributed by atoms with Crippen LogP contribution in [0.4, 0.5) is 17.1 Å². The van der Waals surface area contributed by atoms with Crippen molar-refractivity contribution >= 4 is 49.8 Å². The highest BCUT2D eigenvalue weighted by molar-refractivity contribution is 6.19. The molecular formula is C52H35NO. The van der Waals surface area contributed by atoms with Crippen molar-refractivity contribution in [2.75, 3.05) is 4.90 Å². The molecule has 0 atom stereocenters. The average molecular weight is 690 g/mol. The Bertz CT molecular complexity index is 2810. The van der Waals surface area contributed by atoms with E-state index in [-0.39, 0.29) is 0 Å². The molecule has 0 fully saturated rings. The van der Waals surface area contributed by atoms with Crippen LogP contribution in [0.5, 0.6) is 0 Å². The number of hydrogen-bond donors (Lipinski definition) is 0. The van der Waals surface area contributed by atoms with Gasteiger partial charge in [0.25, 0.3) is 0 Å². The number of anilines is 3. The van der Waals surface area contributed by atoms with Gasteiger partial charge in [0, 0.05) is 33.2 Å². The summed E-state index contributed by atoms with van der Waals surface area (Å²) in [7, 11) is 0. The zero-order chi connectivity index (χ0) is 35.8. The third kappa shape index (κ3) is 5.62. The van der Waals surface area contributed by atoms with Crippen LogP contribution in [-0.2, 0) is 0 Å². The summed E-state index contributed by atoms with van der Waals surface area (Å²) in [5.41, 5.74) is 14.4. The van der Waals surface area contributed by atoms with Gasteiger partial charge < -0.3 is 9.32 Å². The first-order valence-electron chi connectivity index (χ1n) is 18.4. The predicted molar refractivity (Wildman–Crippen MR) is 228 cm³/mol. The average Bonchev–Trinajstić information content (AvgIpc) is 3.65. The van der Waals surface area contributed by atoms with E-state index in [1.54, 1.807) is 0 Å². The lowest BCUT2D eigenvalue weighted by molar-refractivity contribution is 0.673. The molecule has 0 saturated carbocycles. The normalized spacial score (nSPS) is 11.3. The number of furan rings is 1. The molecule has 10 aromatic rings. The quantitative estimate of drug-likeness (QED) is 0.166. The minimum absolute atomic E-state index is 0.883. The summed E-state index contributed by atoms with van der Waals surface area (Å²) in [4.78, 5) is 2.36. The largest absolute Gasteiger partial charge is 0.455 e. The van der Waals surface area contributed by atoms with Gasteiger partial charge in [0.2, 0.25) is 0 Å². The molecule has 0 spiro atoms. The minimum atomic E-state index is 0.883. The molecule has 1 heterocycles. The second-order valence-electron chi connectivity index (χ2n) is 13.7. The highest BCUT2D eigenvalue weighted by Gasteiger charge is 2.20. The van der Waals surface area contributed by atoms with Crippen molar-refractivity contribution in [3.05, 3.63) is 212 Å². The minimum Gasteiger partial charge on any atom is -0.455 e. The molecule has 54 heavy (non-hydrogen) atoms. The number of nitrogens with zero attached hydrogens (tertiary/aromatic N) is 1. The highest BCUT2D eigenvalue weighted by atomic mass is 16.3. The van der Waals surface area contributed by atoms with Crippen molar-refractivity contribution in [2.24, 2.45) is 0 Å². The molecule has 254 valence electrons. The predicted octanol–water partition coefficient (Wildman–Crippen LogP) is 14.9. The lowest BCUT2D eigenvalue weighted by Gasteiger charge is -2.27. The van der Waals surface area contributed by atoms with Crippen molar-refractivity contribution in [3.8, 4) is 44.5 Å². The van der Waals surface area contributed by atoms with Crippen molar-refractivity contribution in [2.45, 2.75) is 0 Å². The lowest BCUT2D eigenvalue weighted by atomic mass is 9.91. The molecule has 9 aromatic carbocycles. The summed E-state index contributed by atoms with van der Waals surface area (Å²) in [5, 5.41) is 4.54. The number of benzene rings is 9. The molecule has 1 aromatic heterocycles. The van der Waals surface area contributed by atoms with Crippen LogP contribution in [0, 0.1) is 0 Å². The molecular weight excluding hydrogens is 655 g/mol. The van der Waals surface area contributed by atoms with Crippen LogP contribution < -0.4 is 4.90 Å². The van der Waals surface area contributed by atoms with Crippen LogP contribution in [0.15, 0.2) is 217 Å². The molecule has 0 saturated heterocycles. The van der Waals surface area contributed by atoms with Gasteiger partial charge in [0.05, 0.1) is 0 Å². The van der Waals surface area contributed by atoms with Gasteiger partial charge in [0.1, 0.15) is 11.2 Å². The SMILES string of the molecule is c1ccc(-c2ccc(N(c3ccc(-c4ccccc4)cc3)c3ccc(-c4ccccc4)c(-c4cccc5oc6c7ccccc7ccc6c45)c3)cc2)cc1. The Morgan fingerprint density at radius 3 is 1.48 bits per heavy atom. The standard InChI is InChI=1S/C52H35NO/c1-4-13-36(14-5-1)38-23-28-42(29-24-38)53(43-30-25-39(26-31-43)37-15-6-2-7-16-37)44-32-34-45(40-17-8-3-9-18-40)49(35-44)47-21-12-22-50-51(47)48-33-27-41-19-10-11-20-46(41)52(48)54-50/h1-35H. The van der Waals surface area contributed by atoms with Crippen LogP contribution in [0.3, 0.4) is 0 Å². The second kappa shape index (κ2) is 13.4. The van der Waals surface area contributed by atoms with Gasteiger partial charge in [0.15, 0.2) is 0 Å². The smallest absolute Gasteiger partial charge is 0.143 e. The van der Waals surface area contributed by atoms with Crippen molar-refractivity contribution in [1.82, 2.24) is 0 Å². The van der Waals surface area contributed by atoms with Crippen LogP contribution in [0.2, 0.25) is 0 Å². The third-order valence-electron chi connectivity index (χ3n) is 10.5. The second-order valence-corrected chi connectivity index (χ2v) is 13.7. The summed E-state index contributed by atoms with van der Waals surface area (Å²) in [6.45, 7) is 0. The van der Waals surface area contributed by atoms with Gasteiger partial charge >= 0.3 is 0 Å². The topological polar surface area (TPSA) is 16.4 Å². The summed E-state index contributed by atoms with van der Waals surface area (Å²) in [6, 6.07) is 75.8. The summed E-state index contributed by atoms with van der Waals surface area (Å²) < 4.78 is 6.67. The summed E-state index contributed by atoms with van der Waals surface area (Å²) >= 11 is 0. The van der Waals surface area contributed by atoms with E-state index in [0.29, 0.717) is 0 Å². The Balaban J connectivity index is 1.19. The van der Waals surface area contributed by atoms with E-state index in [0.717, 1.165) is 55.5 Å². The van der Waals surface area contributed by atoms with Crippen molar-refractivity contribution in [1.29, 1.82) is 0 Å². The number of rotatable bonds is 7. The van der Waals surface area contributed by atoms with Gasteiger partial charge in [-0.2, -0.15) is 0 Å². The molecule has 0 aliphatic carbocycles. The monoisotopic (exact) mass is 689 g/mol. The fraction of sp³-hybridized carbons (Fsp3) is 0. The fourth-order valence-corrected chi connectivity index (χ4v) is 7.86. The van der Waals surface area contributed by atoms with Gasteiger partial charge in [-0.3, -0.25) is 0 Å². The van der Waals surface area contributed by atoms with Crippen molar-refractivity contribution < 1.29 is 4.42 Å². The molecule has 0 radical (unpaired) electrons. The zero-order valence-electron chi connectivity index (χ0n) is 29.6. The number of hydrogen-bond acceptors (Lipinski definition) is 2. The van der Waals surface area contributed by atoms with Gasteiger partial charge in [-0.05, 0) is 98.4 Å². The Kier molecular flexibility index (Phi) is 7.85. The van der Waals surface area contributed by atoms with Crippen LogP contribution in [-0.4, -0.2) is 0 Å². The molecule has 0 unspecified atom stereocenters. The zero-order valence-corrected chi connectivity index (χ0v) is 29.6. The summed E-state index contributed by atoms with van der Waals surface area (Å²) in [6.07, 6.45) is 0. The Morgan fingerprint density at radius 2 is 0.852 bits per heavy atom.